The molecular formula is C21H24ClN7O. The molecule has 1 aromatic carbocycles. The van der Waals surface area contributed by atoms with Crippen molar-refractivity contribution in [1.29, 1.82) is 0 Å². The Bertz CT molecular complexity index is 1020. The Labute approximate surface area is 180 Å². The third-order valence-electron chi connectivity index (χ3n) is 5.45. The van der Waals surface area contributed by atoms with Gasteiger partial charge < -0.3 is 19.9 Å². The summed E-state index contributed by atoms with van der Waals surface area (Å²) < 4.78 is 5.88. The SMILES string of the molecule is Clc1nc2c(N3CCCC3)nc(N3CCNCC3)nc2nc1OCc1ccccc1. The Morgan fingerprint density at radius 2 is 1.67 bits per heavy atom. The molecule has 0 bridgehead atoms. The van der Waals surface area contributed by atoms with Crippen molar-refractivity contribution in [1.82, 2.24) is 25.3 Å². The molecule has 3 aromatic rings. The van der Waals surface area contributed by atoms with E-state index in [1.54, 1.807) is 0 Å². The average Bonchev–Trinajstić information content (AvgIpc) is 3.33. The highest BCUT2D eigenvalue weighted by atomic mass is 35.5. The van der Waals surface area contributed by atoms with Gasteiger partial charge in [0, 0.05) is 39.3 Å². The number of nitrogens with zero attached hydrogens (tertiary/aromatic N) is 6. The van der Waals surface area contributed by atoms with Crippen molar-refractivity contribution < 1.29 is 4.74 Å². The van der Waals surface area contributed by atoms with Crippen LogP contribution >= 0.6 is 11.6 Å². The molecule has 0 aliphatic carbocycles. The molecule has 0 amide bonds. The van der Waals surface area contributed by atoms with Crippen LogP contribution in [0.15, 0.2) is 30.3 Å². The molecule has 0 radical (unpaired) electrons. The lowest BCUT2D eigenvalue weighted by Gasteiger charge is -2.28. The van der Waals surface area contributed by atoms with Crippen LogP contribution in [0.1, 0.15) is 18.4 Å². The number of anilines is 2. The van der Waals surface area contributed by atoms with Crippen LogP contribution in [0.25, 0.3) is 11.2 Å². The molecular weight excluding hydrogens is 402 g/mol. The van der Waals surface area contributed by atoms with Gasteiger partial charge in [-0.1, -0.05) is 41.9 Å². The predicted molar refractivity (Wildman–Crippen MR) is 117 cm³/mol. The first-order chi connectivity index (χ1) is 14.8. The first kappa shape index (κ1) is 19.3. The molecule has 2 aromatic heterocycles. The lowest BCUT2D eigenvalue weighted by atomic mass is 10.2. The van der Waals surface area contributed by atoms with Crippen molar-refractivity contribution in [3.8, 4) is 5.88 Å². The number of aromatic nitrogens is 4. The Hall–Kier alpha value is -2.71. The number of hydrogen-bond acceptors (Lipinski definition) is 8. The highest BCUT2D eigenvalue weighted by molar-refractivity contribution is 6.31. The van der Waals surface area contributed by atoms with Crippen molar-refractivity contribution in [3.63, 3.8) is 0 Å². The lowest BCUT2D eigenvalue weighted by Crippen LogP contribution is -2.44. The van der Waals surface area contributed by atoms with Crippen molar-refractivity contribution in [2.75, 3.05) is 49.1 Å². The monoisotopic (exact) mass is 425 g/mol. The van der Waals surface area contributed by atoms with E-state index in [0.717, 1.165) is 63.5 Å². The van der Waals surface area contributed by atoms with Gasteiger partial charge in [0.2, 0.25) is 5.95 Å². The molecule has 2 saturated heterocycles. The molecule has 30 heavy (non-hydrogen) atoms. The molecule has 4 heterocycles. The standard InChI is InChI=1S/C21H24ClN7O/c22-17-20(30-14-15-6-2-1-3-7-15)25-18-16(24-17)19(28-10-4-5-11-28)27-21(26-18)29-12-8-23-9-13-29/h1-3,6-7,23H,4-5,8-14H2. The maximum atomic E-state index is 6.45. The Kier molecular flexibility index (Phi) is 5.50. The smallest absolute Gasteiger partial charge is 0.254 e. The van der Waals surface area contributed by atoms with Gasteiger partial charge in [-0.05, 0) is 18.4 Å². The quantitative estimate of drug-likeness (QED) is 0.668. The number of halogens is 1. The number of piperazine rings is 1. The maximum absolute atomic E-state index is 6.45. The molecule has 2 aliphatic heterocycles. The summed E-state index contributed by atoms with van der Waals surface area (Å²) in [7, 11) is 0. The number of hydrogen-bond donors (Lipinski definition) is 1. The van der Waals surface area contributed by atoms with Crippen LogP contribution in [-0.2, 0) is 6.61 Å². The van der Waals surface area contributed by atoms with Gasteiger partial charge in [0.1, 0.15) is 6.61 Å². The first-order valence-corrected chi connectivity index (χ1v) is 10.8. The van der Waals surface area contributed by atoms with E-state index in [9.17, 15) is 0 Å². The summed E-state index contributed by atoms with van der Waals surface area (Å²) in [5.74, 6) is 1.80. The van der Waals surface area contributed by atoms with Gasteiger partial charge in [-0.2, -0.15) is 15.0 Å². The van der Waals surface area contributed by atoms with Gasteiger partial charge in [0.15, 0.2) is 22.1 Å². The van der Waals surface area contributed by atoms with Crippen LogP contribution < -0.4 is 19.9 Å². The lowest BCUT2D eigenvalue weighted by molar-refractivity contribution is 0.294. The average molecular weight is 426 g/mol. The fourth-order valence-electron chi connectivity index (χ4n) is 3.86. The van der Waals surface area contributed by atoms with Crippen LogP contribution in [0, 0.1) is 0 Å². The summed E-state index contributed by atoms with van der Waals surface area (Å²) in [4.78, 5) is 23.3. The summed E-state index contributed by atoms with van der Waals surface area (Å²) in [6, 6.07) is 9.92. The zero-order valence-electron chi connectivity index (χ0n) is 16.7. The molecule has 2 fully saturated rings. The second-order valence-corrected chi connectivity index (χ2v) is 7.90. The van der Waals surface area contributed by atoms with Crippen molar-refractivity contribution >= 4 is 34.5 Å². The predicted octanol–water partition coefficient (Wildman–Crippen LogP) is 2.66. The minimum Gasteiger partial charge on any atom is -0.471 e. The zero-order chi connectivity index (χ0) is 20.3. The Balaban J connectivity index is 1.53. The summed E-state index contributed by atoms with van der Waals surface area (Å²) in [5, 5.41) is 3.60. The van der Waals surface area contributed by atoms with E-state index in [1.165, 1.54) is 0 Å². The van der Waals surface area contributed by atoms with Crippen LogP contribution in [0.3, 0.4) is 0 Å². The zero-order valence-corrected chi connectivity index (χ0v) is 17.5. The third kappa shape index (κ3) is 3.97. The first-order valence-electron chi connectivity index (χ1n) is 10.4. The minimum atomic E-state index is 0.234. The van der Waals surface area contributed by atoms with Gasteiger partial charge in [-0.25, -0.2) is 4.98 Å². The normalized spacial score (nSPS) is 17.0. The number of benzene rings is 1. The highest BCUT2D eigenvalue weighted by Crippen LogP contribution is 2.31. The number of nitrogens with one attached hydrogen (secondary N) is 1. The molecule has 2 aliphatic rings. The Morgan fingerprint density at radius 3 is 2.43 bits per heavy atom. The topological polar surface area (TPSA) is 79.3 Å². The third-order valence-corrected chi connectivity index (χ3v) is 5.70. The van der Waals surface area contributed by atoms with Crippen LogP contribution in [-0.4, -0.2) is 59.2 Å². The highest BCUT2D eigenvalue weighted by Gasteiger charge is 2.24. The van der Waals surface area contributed by atoms with E-state index in [1.807, 2.05) is 30.3 Å². The van der Waals surface area contributed by atoms with Gasteiger partial charge in [0.05, 0.1) is 0 Å². The summed E-state index contributed by atoms with van der Waals surface area (Å²) in [5.41, 5.74) is 2.19. The van der Waals surface area contributed by atoms with E-state index in [4.69, 9.17) is 26.3 Å². The maximum Gasteiger partial charge on any atom is 0.254 e. The second-order valence-electron chi connectivity index (χ2n) is 7.54. The van der Waals surface area contributed by atoms with E-state index in [-0.39, 0.29) is 5.15 Å². The minimum absolute atomic E-state index is 0.234. The van der Waals surface area contributed by atoms with Crippen LogP contribution in [0.5, 0.6) is 5.88 Å². The van der Waals surface area contributed by atoms with Crippen molar-refractivity contribution in [2.45, 2.75) is 19.4 Å². The molecule has 1 N–H and O–H groups in total. The van der Waals surface area contributed by atoms with Gasteiger partial charge in [-0.3, -0.25) is 0 Å². The summed E-state index contributed by atoms with van der Waals surface area (Å²) >= 11 is 6.45. The van der Waals surface area contributed by atoms with Gasteiger partial charge in [-0.15, -0.1) is 0 Å². The fourth-order valence-corrected chi connectivity index (χ4v) is 4.04. The van der Waals surface area contributed by atoms with Crippen molar-refractivity contribution in [2.24, 2.45) is 0 Å². The summed E-state index contributed by atoms with van der Waals surface area (Å²) in [6.45, 7) is 5.84. The van der Waals surface area contributed by atoms with E-state index in [2.05, 4.69) is 25.1 Å². The number of fused-ring (bicyclic) bond motifs is 1. The Morgan fingerprint density at radius 1 is 0.900 bits per heavy atom. The van der Waals surface area contributed by atoms with Crippen LogP contribution in [0.2, 0.25) is 5.15 Å². The molecule has 9 heteroatoms. The molecule has 0 spiro atoms. The summed E-state index contributed by atoms with van der Waals surface area (Å²) in [6.07, 6.45) is 2.29. The molecule has 156 valence electrons. The van der Waals surface area contributed by atoms with Crippen molar-refractivity contribution in [3.05, 3.63) is 41.0 Å². The number of rotatable bonds is 5. The molecule has 8 nitrogen and oxygen atoms in total. The van der Waals surface area contributed by atoms with E-state index < -0.39 is 0 Å². The van der Waals surface area contributed by atoms with Gasteiger partial charge >= 0.3 is 0 Å². The molecule has 0 atom stereocenters. The van der Waals surface area contributed by atoms with E-state index in [0.29, 0.717) is 29.6 Å². The molecule has 0 saturated carbocycles. The molecule has 5 rings (SSSR count). The number of ether oxygens (including phenoxy) is 1. The van der Waals surface area contributed by atoms with E-state index >= 15 is 0 Å². The fraction of sp³-hybridized carbons (Fsp3) is 0.429. The van der Waals surface area contributed by atoms with Gasteiger partial charge in [0.25, 0.3) is 5.88 Å². The largest absolute Gasteiger partial charge is 0.471 e. The van der Waals surface area contributed by atoms with Crippen LogP contribution in [0.4, 0.5) is 11.8 Å². The molecule has 0 unspecified atom stereocenters. The second kappa shape index (κ2) is 8.57.